The smallest absolute Gasteiger partial charge is 0.233 e. The molecule has 1 N–H and O–H groups in total. The largest absolute Gasteiger partial charge is 0.395 e. The standard InChI is InChI=1S/C15H20FNO2S/c16-13-7-3-4-8-14(13)20-11-15(19)17(9-10-18)12-5-1-2-6-12/h3-4,7-8,12,18H,1-2,5-6,9-11H2. The van der Waals surface area contributed by atoms with E-state index in [0.29, 0.717) is 11.4 Å². The van der Waals surface area contributed by atoms with Crippen LogP contribution in [0.1, 0.15) is 25.7 Å². The Morgan fingerprint density at radius 1 is 1.35 bits per heavy atom. The monoisotopic (exact) mass is 297 g/mol. The third kappa shape index (κ3) is 3.96. The van der Waals surface area contributed by atoms with E-state index in [9.17, 15) is 9.18 Å². The Bertz CT molecular complexity index is 449. The van der Waals surface area contributed by atoms with Gasteiger partial charge in [-0.3, -0.25) is 4.79 Å². The maximum Gasteiger partial charge on any atom is 0.233 e. The number of aliphatic hydroxyl groups excluding tert-OH is 1. The minimum absolute atomic E-state index is 0.0146. The molecular weight excluding hydrogens is 277 g/mol. The summed E-state index contributed by atoms with van der Waals surface area (Å²) in [5.74, 6) is -0.0867. The van der Waals surface area contributed by atoms with Crippen molar-refractivity contribution in [2.24, 2.45) is 0 Å². The average molecular weight is 297 g/mol. The van der Waals surface area contributed by atoms with Crippen molar-refractivity contribution in [3.8, 4) is 0 Å². The number of rotatable bonds is 6. The van der Waals surface area contributed by atoms with Gasteiger partial charge < -0.3 is 10.0 Å². The molecule has 1 aromatic rings. The SMILES string of the molecule is O=C(CSc1ccccc1F)N(CCO)C1CCCC1. The zero-order valence-electron chi connectivity index (χ0n) is 11.4. The Labute approximate surface area is 123 Å². The molecule has 1 fully saturated rings. The molecule has 1 saturated carbocycles. The summed E-state index contributed by atoms with van der Waals surface area (Å²) in [6.07, 6.45) is 4.30. The second-order valence-corrected chi connectivity index (χ2v) is 5.99. The third-order valence-electron chi connectivity index (χ3n) is 3.61. The minimum atomic E-state index is -0.292. The summed E-state index contributed by atoms with van der Waals surface area (Å²) in [7, 11) is 0. The maximum atomic E-state index is 13.5. The topological polar surface area (TPSA) is 40.5 Å². The van der Waals surface area contributed by atoms with Crippen molar-refractivity contribution < 1.29 is 14.3 Å². The fourth-order valence-electron chi connectivity index (χ4n) is 2.62. The summed E-state index contributed by atoms with van der Waals surface area (Å²) >= 11 is 1.22. The molecule has 1 aliphatic carbocycles. The number of carbonyl (C=O) groups is 1. The van der Waals surface area contributed by atoms with Gasteiger partial charge in [0.15, 0.2) is 0 Å². The number of carbonyl (C=O) groups excluding carboxylic acids is 1. The van der Waals surface area contributed by atoms with Gasteiger partial charge in [0, 0.05) is 17.5 Å². The quantitative estimate of drug-likeness (QED) is 0.821. The Morgan fingerprint density at radius 3 is 2.70 bits per heavy atom. The lowest BCUT2D eigenvalue weighted by Crippen LogP contribution is -2.41. The van der Waals surface area contributed by atoms with E-state index in [-0.39, 0.29) is 30.1 Å². The van der Waals surface area contributed by atoms with Crippen molar-refractivity contribution in [3.63, 3.8) is 0 Å². The number of hydrogen-bond acceptors (Lipinski definition) is 3. The highest BCUT2D eigenvalue weighted by atomic mass is 32.2. The highest BCUT2D eigenvalue weighted by Crippen LogP contribution is 2.26. The molecule has 0 aliphatic heterocycles. The van der Waals surface area contributed by atoms with E-state index in [2.05, 4.69) is 0 Å². The number of hydrogen-bond donors (Lipinski definition) is 1. The Balaban J connectivity index is 1.93. The highest BCUT2D eigenvalue weighted by Gasteiger charge is 2.26. The molecule has 110 valence electrons. The fourth-order valence-corrected chi connectivity index (χ4v) is 3.44. The van der Waals surface area contributed by atoms with Crippen LogP contribution in [0.5, 0.6) is 0 Å². The zero-order valence-corrected chi connectivity index (χ0v) is 12.2. The molecule has 0 aromatic heterocycles. The lowest BCUT2D eigenvalue weighted by atomic mass is 10.2. The van der Waals surface area contributed by atoms with Crippen LogP contribution in [0.25, 0.3) is 0 Å². The van der Waals surface area contributed by atoms with Gasteiger partial charge in [-0.15, -0.1) is 11.8 Å². The first kappa shape index (κ1) is 15.3. The van der Waals surface area contributed by atoms with Crippen LogP contribution < -0.4 is 0 Å². The molecule has 0 heterocycles. The fraction of sp³-hybridized carbons (Fsp3) is 0.533. The molecule has 2 rings (SSSR count). The van der Waals surface area contributed by atoms with Crippen LogP contribution in [0.15, 0.2) is 29.2 Å². The molecule has 0 radical (unpaired) electrons. The summed E-state index contributed by atoms with van der Waals surface area (Å²) in [6.45, 7) is 0.355. The summed E-state index contributed by atoms with van der Waals surface area (Å²) in [4.78, 5) is 14.5. The van der Waals surface area contributed by atoms with E-state index in [1.807, 2.05) is 0 Å². The first-order chi connectivity index (χ1) is 9.72. The lowest BCUT2D eigenvalue weighted by molar-refractivity contribution is -0.131. The molecule has 0 spiro atoms. The molecule has 5 heteroatoms. The molecule has 1 aliphatic rings. The molecule has 0 unspecified atom stereocenters. The highest BCUT2D eigenvalue weighted by molar-refractivity contribution is 8.00. The first-order valence-corrected chi connectivity index (χ1v) is 7.98. The van der Waals surface area contributed by atoms with Crippen LogP contribution in [0.3, 0.4) is 0 Å². The van der Waals surface area contributed by atoms with Gasteiger partial charge in [-0.2, -0.15) is 0 Å². The van der Waals surface area contributed by atoms with Crippen LogP contribution in [-0.4, -0.2) is 40.9 Å². The van der Waals surface area contributed by atoms with Crippen molar-refractivity contribution in [2.75, 3.05) is 18.9 Å². The van der Waals surface area contributed by atoms with E-state index in [4.69, 9.17) is 5.11 Å². The van der Waals surface area contributed by atoms with Gasteiger partial charge in [-0.05, 0) is 25.0 Å². The first-order valence-electron chi connectivity index (χ1n) is 7.00. The zero-order chi connectivity index (χ0) is 14.4. The van der Waals surface area contributed by atoms with E-state index in [1.54, 1.807) is 23.1 Å². The van der Waals surface area contributed by atoms with E-state index in [1.165, 1.54) is 17.8 Å². The van der Waals surface area contributed by atoms with Crippen LogP contribution in [0.4, 0.5) is 4.39 Å². The lowest BCUT2D eigenvalue weighted by Gasteiger charge is -2.28. The summed E-state index contributed by atoms with van der Waals surface area (Å²) < 4.78 is 13.5. The van der Waals surface area contributed by atoms with Gasteiger partial charge >= 0.3 is 0 Å². The Morgan fingerprint density at radius 2 is 2.05 bits per heavy atom. The molecule has 3 nitrogen and oxygen atoms in total. The summed E-state index contributed by atoms with van der Waals surface area (Å²) in [5.41, 5.74) is 0. The molecule has 0 atom stereocenters. The van der Waals surface area contributed by atoms with Gasteiger partial charge in [-0.1, -0.05) is 25.0 Å². The van der Waals surface area contributed by atoms with Crippen LogP contribution in [0.2, 0.25) is 0 Å². The molecule has 0 bridgehead atoms. The van der Waals surface area contributed by atoms with Crippen LogP contribution in [-0.2, 0) is 4.79 Å². The Hall–Kier alpha value is -1.07. The third-order valence-corrected chi connectivity index (χ3v) is 4.65. The number of benzene rings is 1. The van der Waals surface area contributed by atoms with Gasteiger partial charge in [0.1, 0.15) is 5.82 Å². The van der Waals surface area contributed by atoms with Gasteiger partial charge in [0.25, 0.3) is 0 Å². The minimum Gasteiger partial charge on any atom is -0.395 e. The van der Waals surface area contributed by atoms with Crippen LogP contribution in [0, 0.1) is 5.82 Å². The Kier molecular flexibility index (Phi) is 5.86. The number of halogens is 1. The number of aliphatic hydroxyl groups is 1. The molecule has 0 saturated heterocycles. The average Bonchev–Trinajstić information content (AvgIpc) is 2.97. The molecule has 1 aromatic carbocycles. The summed E-state index contributed by atoms with van der Waals surface area (Å²) in [6, 6.07) is 6.72. The molecular formula is C15H20FNO2S. The predicted octanol–water partition coefficient (Wildman–Crippen LogP) is 2.68. The molecule has 1 amide bonds. The van der Waals surface area contributed by atoms with E-state index < -0.39 is 0 Å². The van der Waals surface area contributed by atoms with Crippen molar-refractivity contribution in [3.05, 3.63) is 30.1 Å². The summed E-state index contributed by atoms with van der Waals surface area (Å²) in [5, 5.41) is 9.11. The second kappa shape index (κ2) is 7.64. The second-order valence-electron chi connectivity index (χ2n) is 4.97. The number of amides is 1. The number of thioether (sulfide) groups is 1. The van der Waals surface area contributed by atoms with E-state index in [0.717, 1.165) is 25.7 Å². The molecule has 20 heavy (non-hydrogen) atoms. The van der Waals surface area contributed by atoms with Crippen molar-refractivity contribution in [1.29, 1.82) is 0 Å². The maximum absolute atomic E-state index is 13.5. The van der Waals surface area contributed by atoms with Crippen molar-refractivity contribution in [1.82, 2.24) is 4.90 Å². The van der Waals surface area contributed by atoms with Crippen LogP contribution >= 0.6 is 11.8 Å². The van der Waals surface area contributed by atoms with Crippen molar-refractivity contribution in [2.45, 2.75) is 36.6 Å². The van der Waals surface area contributed by atoms with Gasteiger partial charge in [0.2, 0.25) is 5.91 Å². The normalized spacial score (nSPS) is 15.5. The van der Waals surface area contributed by atoms with Gasteiger partial charge in [0.05, 0.1) is 12.4 Å². The van der Waals surface area contributed by atoms with Crippen molar-refractivity contribution >= 4 is 17.7 Å². The number of nitrogens with zero attached hydrogens (tertiary/aromatic N) is 1. The van der Waals surface area contributed by atoms with E-state index >= 15 is 0 Å². The predicted molar refractivity (Wildman–Crippen MR) is 78.2 cm³/mol. The van der Waals surface area contributed by atoms with Gasteiger partial charge in [-0.25, -0.2) is 4.39 Å².